The summed E-state index contributed by atoms with van der Waals surface area (Å²) in [6.45, 7) is 0. The van der Waals surface area contributed by atoms with Gasteiger partial charge in [-0.15, -0.1) is 0 Å². The zero-order chi connectivity index (χ0) is 9.80. The van der Waals surface area contributed by atoms with Crippen molar-refractivity contribution in [2.24, 2.45) is 0 Å². The molecule has 0 saturated heterocycles. The Morgan fingerprint density at radius 3 is 2.71 bits per heavy atom. The molecule has 2 aromatic rings. The van der Waals surface area contributed by atoms with Crippen molar-refractivity contribution in [1.82, 2.24) is 14.8 Å². The topological polar surface area (TPSA) is 39.9 Å². The minimum atomic E-state index is 0.258. The van der Waals surface area contributed by atoms with E-state index in [0.717, 1.165) is 0 Å². The summed E-state index contributed by atoms with van der Waals surface area (Å²) >= 11 is 4.99. The van der Waals surface area contributed by atoms with Gasteiger partial charge in [-0.3, -0.25) is 0 Å². The normalized spacial score (nSPS) is 9.71. The zero-order valence-corrected chi connectivity index (χ0v) is 8.02. The highest BCUT2D eigenvalue weighted by molar-refractivity contribution is 7.80. The van der Waals surface area contributed by atoms with E-state index < -0.39 is 0 Å². The molecule has 0 aliphatic rings. The lowest BCUT2D eigenvalue weighted by Gasteiger charge is -2.04. The van der Waals surface area contributed by atoms with Crippen molar-refractivity contribution in [3.63, 3.8) is 0 Å². The third-order valence-electron chi connectivity index (χ3n) is 1.55. The van der Waals surface area contributed by atoms with Gasteiger partial charge < -0.3 is 4.74 Å². The van der Waals surface area contributed by atoms with Gasteiger partial charge in [0.15, 0.2) is 0 Å². The highest BCUT2D eigenvalue weighted by Gasteiger charge is 2.01. The van der Waals surface area contributed by atoms with Crippen LogP contribution in [0.1, 0.15) is 0 Å². The quantitative estimate of drug-likeness (QED) is 0.661. The van der Waals surface area contributed by atoms with Crippen LogP contribution in [0.15, 0.2) is 43.0 Å². The van der Waals surface area contributed by atoms with E-state index >= 15 is 0 Å². The fourth-order valence-electron chi connectivity index (χ4n) is 0.939. The number of ether oxygens (including phenoxy) is 1. The highest BCUT2D eigenvalue weighted by atomic mass is 32.1. The fourth-order valence-corrected chi connectivity index (χ4v) is 1.13. The summed E-state index contributed by atoms with van der Waals surface area (Å²) in [7, 11) is 0. The highest BCUT2D eigenvalue weighted by Crippen LogP contribution is 2.08. The second-order valence-electron chi connectivity index (χ2n) is 2.52. The van der Waals surface area contributed by atoms with E-state index in [4.69, 9.17) is 17.0 Å². The molecule has 0 N–H and O–H groups in total. The summed E-state index contributed by atoms with van der Waals surface area (Å²) in [6, 6.07) is 9.30. The van der Waals surface area contributed by atoms with Crippen molar-refractivity contribution >= 4 is 17.4 Å². The molecule has 0 saturated carbocycles. The van der Waals surface area contributed by atoms with E-state index in [0.29, 0.717) is 5.75 Å². The van der Waals surface area contributed by atoms with Gasteiger partial charge in [0.2, 0.25) is 0 Å². The molecule has 0 radical (unpaired) electrons. The Morgan fingerprint density at radius 2 is 2.07 bits per heavy atom. The average molecular weight is 205 g/mol. The Labute approximate surface area is 86.2 Å². The summed E-state index contributed by atoms with van der Waals surface area (Å²) in [5.41, 5.74) is 0. The van der Waals surface area contributed by atoms with Crippen LogP contribution in [0.25, 0.3) is 0 Å². The van der Waals surface area contributed by atoms with Gasteiger partial charge in [-0.1, -0.05) is 18.2 Å². The lowest BCUT2D eigenvalue weighted by atomic mass is 10.3. The molecule has 0 fully saturated rings. The van der Waals surface area contributed by atoms with E-state index in [1.54, 1.807) is 0 Å². The van der Waals surface area contributed by atoms with E-state index in [1.807, 2.05) is 30.3 Å². The zero-order valence-electron chi connectivity index (χ0n) is 7.20. The lowest BCUT2D eigenvalue weighted by molar-refractivity contribution is 0.529. The summed E-state index contributed by atoms with van der Waals surface area (Å²) in [5, 5.41) is 4.11. The second-order valence-corrected chi connectivity index (χ2v) is 2.87. The van der Waals surface area contributed by atoms with Crippen molar-refractivity contribution in [3.8, 4) is 5.75 Å². The van der Waals surface area contributed by atoms with Crippen LogP contribution < -0.4 is 4.74 Å². The van der Waals surface area contributed by atoms with Crippen LogP contribution in [0.3, 0.4) is 0 Å². The van der Waals surface area contributed by atoms with Crippen molar-refractivity contribution in [1.29, 1.82) is 0 Å². The number of thiocarbonyl (C=S) groups is 1. The second kappa shape index (κ2) is 3.97. The number of para-hydroxylation sites is 1. The first-order valence-electron chi connectivity index (χ1n) is 3.98. The first-order valence-corrected chi connectivity index (χ1v) is 4.39. The van der Waals surface area contributed by atoms with Gasteiger partial charge in [0.05, 0.1) is 0 Å². The summed E-state index contributed by atoms with van der Waals surface area (Å²) in [6.07, 6.45) is 2.89. The summed E-state index contributed by atoms with van der Waals surface area (Å²) < 4.78 is 6.74. The van der Waals surface area contributed by atoms with Crippen LogP contribution in [0, 0.1) is 0 Å². The first kappa shape index (κ1) is 8.83. The molecule has 14 heavy (non-hydrogen) atoms. The fraction of sp³-hybridized carbons (Fsp3) is 0. The summed E-state index contributed by atoms with van der Waals surface area (Å²) in [4.78, 5) is 3.77. The molecule has 0 atom stereocenters. The average Bonchev–Trinajstić information content (AvgIpc) is 2.72. The van der Waals surface area contributed by atoms with Gasteiger partial charge in [0.1, 0.15) is 18.4 Å². The molecule has 0 bridgehead atoms. The van der Waals surface area contributed by atoms with Crippen LogP contribution in [0.2, 0.25) is 0 Å². The van der Waals surface area contributed by atoms with Crippen LogP contribution in [-0.4, -0.2) is 19.9 Å². The van der Waals surface area contributed by atoms with Gasteiger partial charge in [0, 0.05) is 0 Å². The maximum Gasteiger partial charge on any atom is 0.291 e. The van der Waals surface area contributed by atoms with E-state index in [2.05, 4.69) is 10.1 Å². The molecule has 0 unspecified atom stereocenters. The van der Waals surface area contributed by atoms with Crippen molar-refractivity contribution in [2.75, 3.05) is 0 Å². The Hall–Kier alpha value is -1.75. The summed E-state index contributed by atoms with van der Waals surface area (Å²) in [5.74, 6) is 0.688. The Balaban J connectivity index is 2.10. The van der Waals surface area contributed by atoms with Crippen LogP contribution in [0.5, 0.6) is 5.75 Å². The van der Waals surface area contributed by atoms with Crippen LogP contribution in [0.4, 0.5) is 0 Å². The predicted octanol–water partition coefficient (Wildman–Crippen LogP) is 1.49. The van der Waals surface area contributed by atoms with Gasteiger partial charge in [-0.25, -0.2) is 4.98 Å². The number of rotatable bonds is 1. The van der Waals surface area contributed by atoms with Crippen LogP contribution >= 0.6 is 12.2 Å². The minimum absolute atomic E-state index is 0.258. The number of hydrogen-bond donors (Lipinski definition) is 0. The SMILES string of the molecule is S=C(Oc1ccccc1)n1cncn1. The Bertz CT molecular complexity index is 413. The predicted molar refractivity (Wildman–Crippen MR) is 55.1 cm³/mol. The van der Waals surface area contributed by atoms with Gasteiger partial charge in [0.25, 0.3) is 5.17 Å². The number of aromatic nitrogens is 3. The number of hydrogen-bond acceptors (Lipinski definition) is 4. The molecule has 1 heterocycles. The molecule has 4 nitrogen and oxygen atoms in total. The number of nitrogens with zero attached hydrogens (tertiary/aromatic N) is 3. The van der Waals surface area contributed by atoms with E-state index in [1.165, 1.54) is 17.3 Å². The largest absolute Gasteiger partial charge is 0.430 e. The molecule has 2 rings (SSSR count). The molecule has 0 spiro atoms. The molecule has 0 aliphatic carbocycles. The molecule has 1 aromatic carbocycles. The molecule has 0 amide bonds. The molecular weight excluding hydrogens is 198 g/mol. The Morgan fingerprint density at radius 1 is 1.29 bits per heavy atom. The van der Waals surface area contributed by atoms with Gasteiger partial charge in [-0.05, 0) is 24.4 Å². The maximum absolute atomic E-state index is 5.35. The molecule has 1 aromatic heterocycles. The smallest absolute Gasteiger partial charge is 0.291 e. The maximum atomic E-state index is 5.35. The molecule has 70 valence electrons. The standard InChI is InChI=1S/C9H7N3OS/c14-9(12-7-10-6-11-12)13-8-4-2-1-3-5-8/h1-7H. The van der Waals surface area contributed by atoms with E-state index in [-0.39, 0.29) is 5.17 Å². The van der Waals surface area contributed by atoms with Crippen molar-refractivity contribution in [2.45, 2.75) is 0 Å². The minimum Gasteiger partial charge on any atom is -0.430 e. The van der Waals surface area contributed by atoms with E-state index in [9.17, 15) is 0 Å². The third-order valence-corrected chi connectivity index (χ3v) is 1.82. The molecular formula is C9H7N3OS. The van der Waals surface area contributed by atoms with Crippen LogP contribution in [-0.2, 0) is 0 Å². The third kappa shape index (κ3) is 1.94. The first-order chi connectivity index (χ1) is 6.86. The Kier molecular flexibility index (Phi) is 2.51. The number of benzene rings is 1. The van der Waals surface area contributed by atoms with Gasteiger partial charge in [-0.2, -0.15) is 9.78 Å². The van der Waals surface area contributed by atoms with Crippen molar-refractivity contribution in [3.05, 3.63) is 43.0 Å². The molecule has 5 heteroatoms. The van der Waals surface area contributed by atoms with Gasteiger partial charge >= 0.3 is 0 Å². The molecule has 0 aliphatic heterocycles. The monoisotopic (exact) mass is 205 g/mol. The van der Waals surface area contributed by atoms with Crippen molar-refractivity contribution < 1.29 is 4.74 Å². The lowest BCUT2D eigenvalue weighted by Crippen LogP contribution is -2.16.